The molecule has 0 saturated heterocycles. The lowest BCUT2D eigenvalue weighted by atomic mass is 10.2. The highest BCUT2D eigenvalue weighted by molar-refractivity contribution is 5.96. The molecule has 9 heteroatoms. The molecule has 0 bridgehead atoms. The van der Waals surface area contributed by atoms with E-state index in [0.717, 1.165) is 14.2 Å². The van der Waals surface area contributed by atoms with E-state index in [-0.39, 0.29) is 0 Å². The smallest absolute Gasteiger partial charge is 0.505 e. The molecular formula is C9H8F3NO5. The van der Waals surface area contributed by atoms with Crippen molar-refractivity contribution in [2.75, 3.05) is 14.2 Å². The summed E-state index contributed by atoms with van der Waals surface area (Å²) in [5.74, 6) is -3.44. The minimum Gasteiger partial charge on any atom is -0.505 e. The number of methoxy groups -OCH3 is 2. The molecule has 0 unspecified atom stereocenters. The first-order valence-electron chi connectivity index (χ1n) is 4.40. The average Bonchev–Trinajstić information content (AvgIpc) is 2.28. The van der Waals surface area contributed by atoms with Gasteiger partial charge in [-0.05, 0) is 0 Å². The van der Waals surface area contributed by atoms with E-state index in [1.807, 2.05) is 0 Å². The number of alkyl halides is 3. The van der Waals surface area contributed by atoms with Crippen molar-refractivity contribution in [2.45, 2.75) is 6.36 Å². The second-order valence-corrected chi connectivity index (χ2v) is 2.90. The first kappa shape index (κ1) is 13.9. The van der Waals surface area contributed by atoms with Gasteiger partial charge in [0.1, 0.15) is 0 Å². The molecule has 0 aliphatic rings. The van der Waals surface area contributed by atoms with Crippen LogP contribution in [-0.4, -0.2) is 36.6 Å². The third-order valence-corrected chi connectivity index (χ3v) is 1.79. The van der Waals surface area contributed by atoms with Crippen molar-refractivity contribution in [3.05, 3.63) is 11.8 Å². The topological polar surface area (TPSA) is 77.9 Å². The van der Waals surface area contributed by atoms with Gasteiger partial charge in [0.2, 0.25) is 0 Å². The Labute approximate surface area is 98.9 Å². The van der Waals surface area contributed by atoms with Crippen molar-refractivity contribution in [2.24, 2.45) is 0 Å². The monoisotopic (exact) mass is 267 g/mol. The molecule has 0 atom stereocenters. The van der Waals surface area contributed by atoms with Crippen LogP contribution in [0.1, 0.15) is 10.4 Å². The molecule has 1 N–H and O–H groups in total. The lowest BCUT2D eigenvalue weighted by Gasteiger charge is -2.14. The SMILES string of the molecule is COC(=O)c1c(O)cnc(OC(F)(F)F)c1OC. The summed E-state index contributed by atoms with van der Waals surface area (Å²) in [7, 11) is 1.98. The Hall–Kier alpha value is -2.19. The molecule has 0 radical (unpaired) electrons. The van der Waals surface area contributed by atoms with Crippen LogP contribution >= 0.6 is 0 Å². The number of aromatic nitrogens is 1. The molecular weight excluding hydrogens is 259 g/mol. The van der Waals surface area contributed by atoms with Crippen molar-refractivity contribution in [3.8, 4) is 17.4 Å². The molecule has 100 valence electrons. The first-order chi connectivity index (χ1) is 8.30. The lowest BCUT2D eigenvalue weighted by Crippen LogP contribution is -2.19. The van der Waals surface area contributed by atoms with Gasteiger partial charge in [-0.25, -0.2) is 9.78 Å². The second-order valence-electron chi connectivity index (χ2n) is 2.90. The van der Waals surface area contributed by atoms with Crippen LogP contribution in [0, 0.1) is 0 Å². The third kappa shape index (κ3) is 2.93. The fraction of sp³-hybridized carbons (Fsp3) is 0.333. The van der Waals surface area contributed by atoms with Crippen LogP contribution in [0.4, 0.5) is 13.2 Å². The molecule has 6 nitrogen and oxygen atoms in total. The molecule has 18 heavy (non-hydrogen) atoms. The van der Waals surface area contributed by atoms with E-state index in [4.69, 9.17) is 0 Å². The molecule has 1 heterocycles. The molecule has 0 fully saturated rings. The van der Waals surface area contributed by atoms with E-state index in [0.29, 0.717) is 6.20 Å². The van der Waals surface area contributed by atoms with Gasteiger partial charge in [-0.3, -0.25) is 0 Å². The molecule has 0 aliphatic carbocycles. The maximum atomic E-state index is 12.1. The zero-order valence-corrected chi connectivity index (χ0v) is 9.24. The summed E-state index contributed by atoms with van der Waals surface area (Å²) in [6.07, 6.45) is -4.39. The summed E-state index contributed by atoms with van der Waals surface area (Å²) >= 11 is 0. The molecule has 0 spiro atoms. The number of ether oxygens (including phenoxy) is 3. The summed E-state index contributed by atoms with van der Waals surface area (Å²) in [4.78, 5) is 14.5. The van der Waals surface area contributed by atoms with Gasteiger partial charge in [0.25, 0.3) is 5.88 Å². The van der Waals surface area contributed by atoms with Crippen LogP contribution in [0.3, 0.4) is 0 Å². The van der Waals surface area contributed by atoms with Gasteiger partial charge in [-0.15, -0.1) is 13.2 Å². The number of nitrogens with zero attached hydrogens (tertiary/aromatic N) is 1. The van der Waals surface area contributed by atoms with Gasteiger partial charge >= 0.3 is 12.3 Å². The largest absolute Gasteiger partial charge is 0.574 e. The number of carbonyl (C=O) groups is 1. The zero-order valence-electron chi connectivity index (χ0n) is 9.24. The maximum absolute atomic E-state index is 12.1. The number of halogens is 3. The normalized spacial score (nSPS) is 10.9. The molecule has 0 aliphatic heterocycles. The Kier molecular flexibility index (Phi) is 3.84. The fourth-order valence-corrected chi connectivity index (χ4v) is 1.14. The highest BCUT2D eigenvalue weighted by atomic mass is 19.4. The Morgan fingerprint density at radius 3 is 2.44 bits per heavy atom. The quantitative estimate of drug-likeness (QED) is 0.836. The molecule has 0 amide bonds. The van der Waals surface area contributed by atoms with Crippen LogP contribution in [0.2, 0.25) is 0 Å². The number of esters is 1. The van der Waals surface area contributed by atoms with Gasteiger partial charge < -0.3 is 19.3 Å². The Morgan fingerprint density at radius 1 is 1.39 bits per heavy atom. The van der Waals surface area contributed by atoms with Crippen molar-refractivity contribution >= 4 is 5.97 Å². The Bertz CT molecular complexity index is 460. The molecule has 0 aromatic carbocycles. The van der Waals surface area contributed by atoms with Crippen molar-refractivity contribution in [1.29, 1.82) is 0 Å². The van der Waals surface area contributed by atoms with Crippen LogP contribution in [-0.2, 0) is 4.74 Å². The fourth-order valence-electron chi connectivity index (χ4n) is 1.14. The van der Waals surface area contributed by atoms with Gasteiger partial charge in [0.15, 0.2) is 17.1 Å². The zero-order chi connectivity index (χ0) is 13.9. The summed E-state index contributed by atoms with van der Waals surface area (Å²) in [5.41, 5.74) is -0.603. The summed E-state index contributed by atoms with van der Waals surface area (Å²) in [5, 5.41) is 9.37. The second kappa shape index (κ2) is 4.98. The predicted octanol–water partition coefficient (Wildman–Crippen LogP) is 1.48. The van der Waals surface area contributed by atoms with E-state index in [1.165, 1.54) is 0 Å². The van der Waals surface area contributed by atoms with E-state index < -0.39 is 35.3 Å². The molecule has 1 rings (SSSR count). The van der Waals surface area contributed by atoms with Gasteiger partial charge in [0, 0.05) is 0 Å². The molecule has 0 saturated carbocycles. The van der Waals surface area contributed by atoms with Gasteiger partial charge in [-0.1, -0.05) is 0 Å². The highest BCUT2D eigenvalue weighted by Gasteiger charge is 2.35. The summed E-state index contributed by atoms with van der Waals surface area (Å²) in [6.45, 7) is 0. The van der Waals surface area contributed by atoms with Crippen molar-refractivity contribution < 1.29 is 37.3 Å². The number of pyridine rings is 1. The van der Waals surface area contributed by atoms with Crippen molar-refractivity contribution in [1.82, 2.24) is 4.98 Å². The summed E-state index contributed by atoms with van der Waals surface area (Å²) < 4.78 is 48.7. The van der Waals surface area contributed by atoms with Gasteiger partial charge in [0.05, 0.1) is 20.4 Å². The standard InChI is InChI=1S/C9H8F3NO5/c1-16-6-5(8(15)17-2)4(14)3-13-7(6)18-9(10,11)12/h3,14H,1-2H3. The predicted molar refractivity (Wildman–Crippen MR) is 50.5 cm³/mol. The highest BCUT2D eigenvalue weighted by Crippen LogP contribution is 2.37. The van der Waals surface area contributed by atoms with E-state index >= 15 is 0 Å². The van der Waals surface area contributed by atoms with Crippen LogP contribution < -0.4 is 9.47 Å². The molecule has 1 aromatic heterocycles. The minimum atomic E-state index is -5.01. The lowest BCUT2D eigenvalue weighted by molar-refractivity contribution is -0.276. The number of hydrogen-bond donors (Lipinski definition) is 1. The first-order valence-corrected chi connectivity index (χ1v) is 4.40. The molecule has 1 aromatic rings. The Morgan fingerprint density at radius 2 is 2.00 bits per heavy atom. The number of aromatic hydroxyl groups is 1. The number of rotatable bonds is 3. The number of hydrogen-bond acceptors (Lipinski definition) is 6. The summed E-state index contributed by atoms with van der Waals surface area (Å²) in [6, 6.07) is 0. The maximum Gasteiger partial charge on any atom is 0.574 e. The van der Waals surface area contributed by atoms with Gasteiger partial charge in [-0.2, -0.15) is 0 Å². The van der Waals surface area contributed by atoms with Crippen LogP contribution in [0.25, 0.3) is 0 Å². The van der Waals surface area contributed by atoms with Crippen LogP contribution in [0.15, 0.2) is 6.20 Å². The average molecular weight is 267 g/mol. The third-order valence-electron chi connectivity index (χ3n) is 1.79. The Balaban J connectivity index is 3.34. The minimum absolute atomic E-state index is 0.603. The number of carbonyl (C=O) groups excluding carboxylic acids is 1. The van der Waals surface area contributed by atoms with E-state index in [1.54, 1.807) is 0 Å². The van der Waals surface area contributed by atoms with E-state index in [9.17, 15) is 23.1 Å². The van der Waals surface area contributed by atoms with Crippen molar-refractivity contribution in [3.63, 3.8) is 0 Å². The van der Waals surface area contributed by atoms with Crippen LogP contribution in [0.5, 0.6) is 17.4 Å². The van der Waals surface area contributed by atoms with E-state index in [2.05, 4.69) is 19.2 Å².